The van der Waals surface area contributed by atoms with Crippen molar-refractivity contribution in [1.82, 2.24) is 15.2 Å². The molecule has 0 radical (unpaired) electrons. The van der Waals surface area contributed by atoms with Crippen molar-refractivity contribution in [2.24, 2.45) is 0 Å². The van der Waals surface area contributed by atoms with Crippen LogP contribution in [0.3, 0.4) is 0 Å². The highest BCUT2D eigenvalue weighted by Crippen LogP contribution is 2.30. The number of carbonyl (C=O) groups is 1. The Morgan fingerprint density at radius 2 is 1.90 bits per heavy atom. The second kappa shape index (κ2) is 10.3. The lowest BCUT2D eigenvalue weighted by Crippen LogP contribution is -2.44. The van der Waals surface area contributed by atoms with Gasteiger partial charge in [-0.05, 0) is 36.6 Å². The van der Waals surface area contributed by atoms with E-state index in [-0.39, 0.29) is 11.9 Å². The second-order valence-corrected chi connectivity index (χ2v) is 8.69. The molecule has 1 N–H and O–H groups in total. The Morgan fingerprint density at radius 3 is 2.65 bits per heavy atom. The van der Waals surface area contributed by atoms with Crippen LogP contribution in [-0.4, -0.2) is 34.9 Å². The number of aryl methyl sites for hydroxylation is 1. The number of benzene rings is 2. The Hall–Kier alpha value is -2.34. The van der Waals surface area contributed by atoms with Gasteiger partial charge in [0.25, 0.3) is 0 Å². The Kier molecular flexibility index (Phi) is 7.28. The number of hydrogen-bond acceptors (Lipinski definition) is 4. The number of nitrogens with zero attached hydrogens (tertiary/aromatic N) is 2. The summed E-state index contributed by atoms with van der Waals surface area (Å²) in [5.41, 5.74) is 2.06. The molecule has 1 fully saturated rings. The van der Waals surface area contributed by atoms with Crippen molar-refractivity contribution < 1.29 is 9.21 Å². The summed E-state index contributed by atoms with van der Waals surface area (Å²) < 4.78 is 5.78. The molecular formula is C24H25Cl2N3O2. The minimum absolute atomic E-state index is 0.0331. The molecule has 0 spiro atoms. The van der Waals surface area contributed by atoms with E-state index >= 15 is 0 Å². The number of aromatic nitrogens is 1. The molecule has 3 aromatic rings. The van der Waals surface area contributed by atoms with E-state index in [2.05, 4.69) is 39.5 Å². The first-order chi connectivity index (χ1) is 15.1. The van der Waals surface area contributed by atoms with Crippen LogP contribution in [0.5, 0.6) is 0 Å². The molecule has 0 bridgehead atoms. The van der Waals surface area contributed by atoms with Gasteiger partial charge in [0.05, 0.1) is 11.2 Å². The predicted octanol–water partition coefficient (Wildman–Crippen LogP) is 5.36. The van der Waals surface area contributed by atoms with Crippen LogP contribution in [0.1, 0.15) is 30.7 Å². The second-order valence-electron chi connectivity index (χ2n) is 7.85. The maximum Gasteiger partial charge on any atom is 0.220 e. The van der Waals surface area contributed by atoms with E-state index in [1.165, 1.54) is 5.56 Å². The summed E-state index contributed by atoms with van der Waals surface area (Å²) in [7, 11) is 0. The first-order valence-electron chi connectivity index (χ1n) is 10.5. The molecule has 0 aliphatic carbocycles. The number of hydrogen-bond donors (Lipinski definition) is 1. The van der Waals surface area contributed by atoms with Gasteiger partial charge in [-0.1, -0.05) is 53.5 Å². The number of halogens is 2. The number of carbonyl (C=O) groups excluding carboxylic acids is 1. The SMILES string of the molecule is O=C(CCc1ncc(-c2ccc(Cl)cc2Cl)o1)NC1CCN(Cc2ccccc2)CC1. The van der Waals surface area contributed by atoms with Crippen molar-refractivity contribution in [3.8, 4) is 11.3 Å². The highest BCUT2D eigenvalue weighted by molar-refractivity contribution is 6.36. The van der Waals surface area contributed by atoms with Crippen LogP contribution in [0, 0.1) is 0 Å². The van der Waals surface area contributed by atoms with Gasteiger partial charge in [-0.3, -0.25) is 9.69 Å². The zero-order valence-electron chi connectivity index (χ0n) is 17.2. The lowest BCUT2D eigenvalue weighted by molar-refractivity contribution is -0.122. The normalized spacial score (nSPS) is 15.2. The Bertz CT molecular complexity index is 1010. The number of nitrogens with one attached hydrogen (secondary N) is 1. The molecule has 0 saturated carbocycles. The first-order valence-corrected chi connectivity index (χ1v) is 11.3. The fourth-order valence-corrected chi connectivity index (χ4v) is 4.34. The van der Waals surface area contributed by atoms with Gasteiger partial charge in [0, 0.05) is 49.1 Å². The third-order valence-corrected chi connectivity index (χ3v) is 6.07. The Morgan fingerprint density at radius 1 is 1.13 bits per heavy atom. The number of rotatable bonds is 7. The number of piperidine rings is 1. The van der Waals surface area contributed by atoms with Crippen LogP contribution in [0.2, 0.25) is 10.0 Å². The molecule has 31 heavy (non-hydrogen) atoms. The minimum atomic E-state index is 0.0331. The lowest BCUT2D eigenvalue weighted by atomic mass is 10.0. The molecule has 0 unspecified atom stereocenters. The van der Waals surface area contributed by atoms with Gasteiger partial charge in [-0.15, -0.1) is 0 Å². The average Bonchev–Trinajstić information content (AvgIpc) is 3.23. The number of amides is 1. The van der Waals surface area contributed by atoms with Crippen LogP contribution in [0.25, 0.3) is 11.3 Å². The van der Waals surface area contributed by atoms with E-state index in [0.29, 0.717) is 34.5 Å². The van der Waals surface area contributed by atoms with E-state index in [0.717, 1.165) is 38.0 Å². The highest BCUT2D eigenvalue weighted by Gasteiger charge is 2.21. The summed E-state index contributed by atoms with van der Waals surface area (Å²) in [6.07, 6.45) is 4.36. The molecule has 162 valence electrons. The summed E-state index contributed by atoms with van der Waals surface area (Å²) in [6.45, 7) is 2.95. The maximum absolute atomic E-state index is 12.4. The lowest BCUT2D eigenvalue weighted by Gasteiger charge is -2.32. The van der Waals surface area contributed by atoms with Crippen LogP contribution < -0.4 is 5.32 Å². The molecule has 1 aliphatic heterocycles. The molecule has 1 aliphatic rings. The van der Waals surface area contributed by atoms with Crippen molar-refractivity contribution in [2.45, 2.75) is 38.3 Å². The van der Waals surface area contributed by atoms with E-state index in [1.807, 2.05) is 6.07 Å². The topological polar surface area (TPSA) is 58.4 Å². The van der Waals surface area contributed by atoms with Gasteiger partial charge in [-0.25, -0.2) is 4.98 Å². The maximum atomic E-state index is 12.4. The molecule has 7 heteroatoms. The monoisotopic (exact) mass is 457 g/mol. The summed E-state index contributed by atoms with van der Waals surface area (Å²) in [5, 5.41) is 4.23. The smallest absolute Gasteiger partial charge is 0.220 e. The molecule has 2 heterocycles. The van der Waals surface area contributed by atoms with E-state index < -0.39 is 0 Å². The van der Waals surface area contributed by atoms with Crippen molar-refractivity contribution in [3.05, 3.63) is 76.2 Å². The largest absolute Gasteiger partial charge is 0.441 e. The van der Waals surface area contributed by atoms with Gasteiger partial charge >= 0.3 is 0 Å². The molecule has 4 rings (SSSR count). The fourth-order valence-electron chi connectivity index (χ4n) is 3.84. The van der Waals surface area contributed by atoms with E-state index in [4.69, 9.17) is 27.6 Å². The Labute approximate surface area is 192 Å². The summed E-state index contributed by atoms with van der Waals surface area (Å²) in [5.74, 6) is 1.13. The van der Waals surface area contributed by atoms with Gasteiger partial charge in [0.1, 0.15) is 0 Å². The first kappa shape index (κ1) is 21.9. The van der Waals surface area contributed by atoms with Crippen LogP contribution >= 0.6 is 23.2 Å². The van der Waals surface area contributed by atoms with Gasteiger partial charge < -0.3 is 9.73 Å². The van der Waals surface area contributed by atoms with E-state index in [1.54, 1.807) is 24.4 Å². The van der Waals surface area contributed by atoms with Crippen molar-refractivity contribution >= 4 is 29.1 Å². The molecular weight excluding hydrogens is 433 g/mol. The zero-order valence-corrected chi connectivity index (χ0v) is 18.7. The number of oxazole rings is 1. The quantitative estimate of drug-likeness (QED) is 0.518. The molecule has 0 atom stereocenters. The third-order valence-electron chi connectivity index (χ3n) is 5.52. The predicted molar refractivity (Wildman–Crippen MR) is 123 cm³/mol. The molecule has 1 amide bonds. The van der Waals surface area contributed by atoms with Crippen molar-refractivity contribution in [3.63, 3.8) is 0 Å². The molecule has 5 nitrogen and oxygen atoms in total. The summed E-state index contributed by atoms with van der Waals surface area (Å²) >= 11 is 12.2. The van der Waals surface area contributed by atoms with Crippen LogP contribution in [0.15, 0.2) is 59.1 Å². The van der Waals surface area contributed by atoms with Gasteiger partial charge in [0.15, 0.2) is 11.7 Å². The summed E-state index contributed by atoms with van der Waals surface area (Å²) in [4.78, 5) is 19.1. The average molecular weight is 458 g/mol. The van der Waals surface area contributed by atoms with Crippen molar-refractivity contribution in [1.29, 1.82) is 0 Å². The number of likely N-dealkylation sites (tertiary alicyclic amines) is 1. The Balaban J connectivity index is 1.21. The van der Waals surface area contributed by atoms with Gasteiger partial charge in [0.2, 0.25) is 5.91 Å². The molecule has 1 saturated heterocycles. The van der Waals surface area contributed by atoms with E-state index in [9.17, 15) is 4.79 Å². The minimum Gasteiger partial charge on any atom is -0.441 e. The molecule has 2 aromatic carbocycles. The standard InChI is InChI=1S/C24H25Cl2N3O2/c25-18-6-7-20(21(26)14-18)22-15-27-24(31-22)9-8-23(30)28-19-10-12-29(13-11-19)16-17-4-2-1-3-5-17/h1-7,14-15,19H,8-13,16H2,(H,28,30). The summed E-state index contributed by atoms with van der Waals surface area (Å²) in [6, 6.07) is 15.9. The zero-order chi connectivity index (χ0) is 21.6. The fraction of sp³-hybridized carbons (Fsp3) is 0.333. The van der Waals surface area contributed by atoms with Crippen LogP contribution in [-0.2, 0) is 17.8 Å². The van der Waals surface area contributed by atoms with Crippen LogP contribution in [0.4, 0.5) is 0 Å². The van der Waals surface area contributed by atoms with Gasteiger partial charge in [-0.2, -0.15) is 0 Å². The third kappa shape index (κ3) is 6.10. The molecule has 1 aromatic heterocycles. The highest BCUT2D eigenvalue weighted by atomic mass is 35.5. The van der Waals surface area contributed by atoms with Crippen molar-refractivity contribution in [2.75, 3.05) is 13.1 Å².